The Morgan fingerprint density at radius 2 is 1.81 bits per heavy atom. The Bertz CT molecular complexity index is 1050. The van der Waals surface area contributed by atoms with E-state index in [1.807, 2.05) is 67.6 Å². The van der Waals surface area contributed by atoms with Gasteiger partial charge in [0.05, 0.1) is 12.8 Å². The van der Waals surface area contributed by atoms with Crippen molar-refractivity contribution in [1.82, 2.24) is 5.43 Å². The standard InChI is InChI=1S/C26H26N2O3S/c1-3-16-31-24-15-12-21(17-25(24)30-4-2)18-27-28-26(29)22-13-10-20(11-14-22)19-32-23-8-6-5-7-9-23/h3,5-15,17-18H,1,4,16,19H2,2H3,(H,28,29)/b27-18-. The van der Waals surface area contributed by atoms with Crippen LogP contribution in [0.3, 0.4) is 0 Å². The molecule has 6 heteroatoms. The van der Waals surface area contributed by atoms with Crippen LogP contribution >= 0.6 is 11.8 Å². The molecule has 0 atom stereocenters. The molecule has 5 nitrogen and oxygen atoms in total. The van der Waals surface area contributed by atoms with E-state index < -0.39 is 0 Å². The van der Waals surface area contributed by atoms with Crippen LogP contribution < -0.4 is 14.9 Å². The van der Waals surface area contributed by atoms with Crippen molar-refractivity contribution in [2.24, 2.45) is 5.10 Å². The summed E-state index contributed by atoms with van der Waals surface area (Å²) in [5, 5.41) is 4.07. The number of carbonyl (C=O) groups is 1. The first-order valence-electron chi connectivity index (χ1n) is 10.3. The fourth-order valence-corrected chi connectivity index (χ4v) is 3.68. The maximum Gasteiger partial charge on any atom is 0.271 e. The number of rotatable bonds is 11. The van der Waals surface area contributed by atoms with Crippen molar-refractivity contribution in [3.63, 3.8) is 0 Å². The van der Waals surface area contributed by atoms with Crippen molar-refractivity contribution in [2.45, 2.75) is 17.6 Å². The van der Waals surface area contributed by atoms with Crippen LogP contribution in [0.15, 0.2) is 95.4 Å². The van der Waals surface area contributed by atoms with Gasteiger partial charge in [-0.15, -0.1) is 11.8 Å². The molecule has 0 aliphatic carbocycles. The number of ether oxygens (including phenoxy) is 2. The molecule has 0 bridgehead atoms. The van der Waals surface area contributed by atoms with Gasteiger partial charge in [-0.05, 0) is 60.5 Å². The Morgan fingerprint density at radius 3 is 2.53 bits per heavy atom. The van der Waals surface area contributed by atoms with Gasteiger partial charge in [0.1, 0.15) is 6.61 Å². The Balaban J connectivity index is 1.55. The van der Waals surface area contributed by atoms with Gasteiger partial charge in [-0.25, -0.2) is 5.43 Å². The molecule has 0 saturated carbocycles. The Labute approximate surface area is 193 Å². The molecule has 0 aliphatic rings. The van der Waals surface area contributed by atoms with Gasteiger partial charge in [-0.2, -0.15) is 5.10 Å². The summed E-state index contributed by atoms with van der Waals surface area (Å²) in [6.45, 7) is 6.47. The summed E-state index contributed by atoms with van der Waals surface area (Å²) in [4.78, 5) is 13.6. The maximum atomic E-state index is 12.4. The normalized spacial score (nSPS) is 10.7. The summed E-state index contributed by atoms with van der Waals surface area (Å²) in [7, 11) is 0. The quantitative estimate of drug-likeness (QED) is 0.177. The van der Waals surface area contributed by atoms with Crippen molar-refractivity contribution < 1.29 is 14.3 Å². The first-order valence-corrected chi connectivity index (χ1v) is 11.3. The number of hydrogen-bond donors (Lipinski definition) is 1. The highest BCUT2D eigenvalue weighted by Gasteiger charge is 2.07. The van der Waals surface area contributed by atoms with E-state index in [9.17, 15) is 4.79 Å². The molecule has 0 unspecified atom stereocenters. The van der Waals surface area contributed by atoms with Gasteiger partial charge in [-0.3, -0.25) is 4.79 Å². The van der Waals surface area contributed by atoms with Crippen LogP contribution in [0.1, 0.15) is 28.4 Å². The van der Waals surface area contributed by atoms with Gasteiger partial charge < -0.3 is 9.47 Å². The van der Waals surface area contributed by atoms with Gasteiger partial charge in [0.2, 0.25) is 0 Å². The average molecular weight is 447 g/mol. The van der Waals surface area contributed by atoms with Gasteiger partial charge in [0.25, 0.3) is 5.91 Å². The van der Waals surface area contributed by atoms with Crippen molar-refractivity contribution in [3.05, 3.63) is 102 Å². The summed E-state index contributed by atoms with van der Waals surface area (Å²) in [6.07, 6.45) is 3.25. The van der Waals surface area contributed by atoms with E-state index in [1.165, 1.54) is 4.90 Å². The molecule has 3 aromatic carbocycles. The second-order valence-electron chi connectivity index (χ2n) is 6.74. The molecule has 1 amide bonds. The zero-order valence-electron chi connectivity index (χ0n) is 18.0. The van der Waals surface area contributed by atoms with Crippen molar-refractivity contribution in [1.29, 1.82) is 0 Å². The lowest BCUT2D eigenvalue weighted by molar-refractivity contribution is 0.0955. The van der Waals surface area contributed by atoms with Crippen LogP contribution in [0.25, 0.3) is 0 Å². The minimum atomic E-state index is -0.264. The molecule has 0 saturated heterocycles. The second kappa shape index (κ2) is 12.4. The molecule has 0 fully saturated rings. The number of nitrogens with zero attached hydrogens (tertiary/aromatic N) is 1. The summed E-state index contributed by atoms with van der Waals surface area (Å²) >= 11 is 1.76. The third kappa shape index (κ3) is 7.03. The van der Waals surface area contributed by atoms with Gasteiger partial charge in [0.15, 0.2) is 11.5 Å². The molecule has 3 aromatic rings. The number of hydrazone groups is 1. The molecule has 1 N–H and O–H groups in total. The molecule has 0 radical (unpaired) electrons. The Kier molecular flexibility index (Phi) is 8.95. The lowest BCUT2D eigenvalue weighted by atomic mass is 10.1. The minimum Gasteiger partial charge on any atom is -0.490 e. The summed E-state index contributed by atoms with van der Waals surface area (Å²) in [5.41, 5.74) is 5.06. The lowest BCUT2D eigenvalue weighted by Crippen LogP contribution is -2.17. The van der Waals surface area contributed by atoms with Gasteiger partial charge in [0, 0.05) is 16.2 Å². The second-order valence-corrected chi connectivity index (χ2v) is 7.79. The fourth-order valence-electron chi connectivity index (χ4n) is 2.81. The van der Waals surface area contributed by atoms with Gasteiger partial charge in [-0.1, -0.05) is 43.0 Å². The third-order valence-corrected chi connectivity index (χ3v) is 5.45. The van der Waals surface area contributed by atoms with Gasteiger partial charge >= 0.3 is 0 Å². The molecule has 0 spiro atoms. The summed E-state index contributed by atoms with van der Waals surface area (Å²) < 4.78 is 11.2. The highest BCUT2D eigenvalue weighted by Crippen LogP contribution is 2.28. The van der Waals surface area contributed by atoms with Crippen LogP contribution in [-0.2, 0) is 5.75 Å². The zero-order valence-corrected chi connectivity index (χ0v) is 18.8. The van der Waals surface area contributed by atoms with Crippen LogP contribution in [0, 0.1) is 0 Å². The van der Waals surface area contributed by atoms with E-state index in [4.69, 9.17) is 9.47 Å². The molecule has 3 rings (SSSR count). The molecular weight excluding hydrogens is 420 g/mol. The predicted molar refractivity (Wildman–Crippen MR) is 131 cm³/mol. The van der Waals surface area contributed by atoms with E-state index in [1.54, 1.807) is 24.1 Å². The topological polar surface area (TPSA) is 59.9 Å². The van der Waals surface area contributed by atoms with Crippen LogP contribution in [-0.4, -0.2) is 25.3 Å². The van der Waals surface area contributed by atoms with Crippen LogP contribution in [0.5, 0.6) is 11.5 Å². The highest BCUT2D eigenvalue weighted by molar-refractivity contribution is 7.98. The van der Waals surface area contributed by atoms with Crippen molar-refractivity contribution in [2.75, 3.05) is 13.2 Å². The Hall–Kier alpha value is -3.51. The summed E-state index contributed by atoms with van der Waals surface area (Å²) in [6, 6.07) is 23.2. The van der Waals surface area contributed by atoms with E-state index in [0.717, 1.165) is 16.9 Å². The first-order chi connectivity index (χ1) is 15.7. The number of benzene rings is 3. The summed E-state index contributed by atoms with van der Waals surface area (Å²) in [5.74, 6) is 1.84. The highest BCUT2D eigenvalue weighted by atomic mass is 32.2. The monoisotopic (exact) mass is 446 g/mol. The number of amides is 1. The van der Waals surface area contributed by atoms with Crippen LogP contribution in [0.2, 0.25) is 0 Å². The Morgan fingerprint density at radius 1 is 1.03 bits per heavy atom. The predicted octanol–water partition coefficient (Wildman–Crippen LogP) is 5.71. The van der Waals surface area contributed by atoms with E-state index in [-0.39, 0.29) is 5.91 Å². The molecule has 0 heterocycles. The smallest absolute Gasteiger partial charge is 0.271 e. The molecule has 0 aromatic heterocycles. The lowest BCUT2D eigenvalue weighted by Gasteiger charge is -2.11. The number of carbonyl (C=O) groups excluding carboxylic acids is 1. The third-order valence-electron chi connectivity index (χ3n) is 4.37. The number of nitrogens with one attached hydrogen (secondary N) is 1. The van der Waals surface area contributed by atoms with Crippen molar-refractivity contribution in [3.8, 4) is 11.5 Å². The molecular formula is C26H26N2O3S. The molecule has 0 aliphatic heterocycles. The van der Waals surface area contributed by atoms with E-state index in [2.05, 4.69) is 29.2 Å². The molecule has 164 valence electrons. The zero-order chi connectivity index (χ0) is 22.6. The van der Waals surface area contributed by atoms with E-state index >= 15 is 0 Å². The fraction of sp³-hybridized carbons (Fsp3) is 0.154. The molecule has 32 heavy (non-hydrogen) atoms. The van der Waals surface area contributed by atoms with E-state index in [0.29, 0.717) is 30.3 Å². The average Bonchev–Trinajstić information content (AvgIpc) is 2.83. The number of hydrogen-bond acceptors (Lipinski definition) is 5. The van der Waals surface area contributed by atoms with Crippen molar-refractivity contribution >= 4 is 23.9 Å². The number of thioether (sulfide) groups is 1. The SMILES string of the molecule is C=CCOc1ccc(/C=N\NC(=O)c2ccc(CSc3ccccc3)cc2)cc1OCC. The largest absolute Gasteiger partial charge is 0.490 e. The minimum absolute atomic E-state index is 0.264. The maximum absolute atomic E-state index is 12.4. The van der Waals surface area contributed by atoms with Crippen LogP contribution in [0.4, 0.5) is 0 Å². The first kappa shape index (κ1) is 23.2.